The number of aromatic nitrogens is 1. The van der Waals surface area contributed by atoms with Gasteiger partial charge in [-0.3, -0.25) is 0 Å². The lowest BCUT2D eigenvalue weighted by atomic mass is 9.87. The molecule has 0 radical (unpaired) electrons. The van der Waals surface area contributed by atoms with E-state index in [0.717, 1.165) is 35.3 Å². The lowest BCUT2D eigenvalue weighted by Gasteiger charge is -2.27. The number of methoxy groups -OCH3 is 1. The maximum absolute atomic E-state index is 5.44. The number of ether oxygens (including phenoxy) is 1. The van der Waals surface area contributed by atoms with Gasteiger partial charge in [-0.1, -0.05) is 12.1 Å². The molecule has 1 aromatic carbocycles. The summed E-state index contributed by atoms with van der Waals surface area (Å²) in [5, 5.41) is 3.51. The van der Waals surface area contributed by atoms with Crippen molar-refractivity contribution in [3.63, 3.8) is 0 Å². The van der Waals surface area contributed by atoms with Crippen LogP contribution in [0.2, 0.25) is 0 Å². The van der Waals surface area contributed by atoms with Gasteiger partial charge in [0.25, 0.3) is 0 Å². The van der Waals surface area contributed by atoms with Crippen molar-refractivity contribution in [1.82, 2.24) is 4.98 Å². The molecule has 0 amide bonds. The summed E-state index contributed by atoms with van der Waals surface area (Å²) in [4.78, 5) is 4.38. The van der Waals surface area contributed by atoms with Gasteiger partial charge in [-0.05, 0) is 64.5 Å². The van der Waals surface area contributed by atoms with E-state index in [-0.39, 0.29) is 0 Å². The summed E-state index contributed by atoms with van der Waals surface area (Å²) in [5.74, 6) is 1.95. The molecule has 0 bridgehead atoms. The number of hydrogen-bond donors (Lipinski definition) is 1. The Morgan fingerprint density at radius 3 is 2.95 bits per heavy atom. The van der Waals surface area contributed by atoms with Gasteiger partial charge in [0.05, 0.1) is 7.11 Å². The first-order chi connectivity index (χ1) is 9.76. The third-order valence-electron chi connectivity index (χ3n) is 3.74. The van der Waals surface area contributed by atoms with Crippen LogP contribution in [0, 0.1) is 0 Å². The normalized spacial score (nSPS) is 17.4. The molecule has 0 aliphatic heterocycles. The quantitative estimate of drug-likeness (QED) is 0.927. The van der Waals surface area contributed by atoms with Crippen LogP contribution < -0.4 is 10.1 Å². The maximum atomic E-state index is 5.44. The van der Waals surface area contributed by atoms with E-state index in [1.54, 1.807) is 7.11 Å². The SMILES string of the molecule is COc1cccc2c1CC[C@H](Nc1ccc(Br)cn1)C2. The van der Waals surface area contributed by atoms with Crippen LogP contribution >= 0.6 is 15.9 Å². The van der Waals surface area contributed by atoms with E-state index in [9.17, 15) is 0 Å². The topological polar surface area (TPSA) is 34.1 Å². The molecule has 4 heteroatoms. The number of nitrogens with zero attached hydrogens (tertiary/aromatic N) is 1. The minimum Gasteiger partial charge on any atom is -0.496 e. The van der Waals surface area contributed by atoms with Crippen LogP contribution in [-0.2, 0) is 12.8 Å². The predicted octanol–water partition coefficient (Wildman–Crippen LogP) is 3.82. The van der Waals surface area contributed by atoms with E-state index in [0.29, 0.717) is 6.04 Å². The van der Waals surface area contributed by atoms with Crippen molar-refractivity contribution >= 4 is 21.7 Å². The zero-order valence-corrected chi connectivity index (χ0v) is 13.0. The van der Waals surface area contributed by atoms with Gasteiger partial charge in [0, 0.05) is 16.7 Å². The Kier molecular flexibility index (Phi) is 3.92. The lowest BCUT2D eigenvalue weighted by Crippen LogP contribution is -2.27. The van der Waals surface area contributed by atoms with E-state index in [4.69, 9.17) is 4.74 Å². The molecular weight excluding hydrogens is 316 g/mol. The molecular formula is C16H17BrN2O. The average Bonchev–Trinajstić information content (AvgIpc) is 2.49. The Labute approximate surface area is 127 Å². The second kappa shape index (κ2) is 5.83. The van der Waals surface area contributed by atoms with Gasteiger partial charge in [-0.2, -0.15) is 0 Å². The molecule has 2 aromatic rings. The van der Waals surface area contributed by atoms with Crippen molar-refractivity contribution in [3.8, 4) is 5.75 Å². The minimum atomic E-state index is 0.434. The zero-order chi connectivity index (χ0) is 13.9. The number of anilines is 1. The highest BCUT2D eigenvalue weighted by atomic mass is 79.9. The lowest BCUT2D eigenvalue weighted by molar-refractivity contribution is 0.405. The summed E-state index contributed by atoms with van der Waals surface area (Å²) in [6.45, 7) is 0. The Balaban J connectivity index is 1.74. The monoisotopic (exact) mass is 332 g/mol. The smallest absolute Gasteiger partial charge is 0.126 e. The highest BCUT2D eigenvalue weighted by Crippen LogP contribution is 2.30. The Hall–Kier alpha value is -1.55. The van der Waals surface area contributed by atoms with Gasteiger partial charge >= 0.3 is 0 Å². The van der Waals surface area contributed by atoms with Crippen molar-refractivity contribution in [2.24, 2.45) is 0 Å². The molecule has 1 N–H and O–H groups in total. The van der Waals surface area contributed by atoms with Crippen molar-refractivity contribution < 1.29 is 4.74 Å². The van der Waals surface area contributed by atoms with Crippen LogP contribution in [0.4, 0.5) is 5.82 Å². The molecule has 3 rings (SSSR count). The molecule has 20 heavy (non-hydrogen) atoms. The summed E-state index contributed by atoms with van der Waals surface area (Å²) < 4.78 is 6.44. The van der Waals surface area contributed by atoms with Crippen molar-refractivity contribution in [1.29, 1.82) is 0 Å². The molecule has 3 nitrogen and oxygen atoms in total. The van der Waals surface area contributed by atoms with Crippen LogP contribution in [0.1, 0.15) is 17.5 Å². The van der Waals surface area contributed by atoms with Crippen molar-refractivity contribution in [3.05, 3.63) is 52.1 Å². The van der Waals surface area contributed by atoms with Gasteiger partial charge in [0.1, 0.15) is 11.6 Å². The summed E-state index contributed by atoms with van der Waals surface area (Å²) in [6, 6.07) is 10.8. The number of fused-ring (bicyclic) bond motifs is 1. The van der Waals surface area contributed by atoms with Gasteiger partial charge < -0.3 is 10.1 Å². The highest BCUT2D eigenvalue weighted by molar-refractivity contribution is 9.10. The molecule has 1 heterocycles. The van der Waals surface area contributed by atoms with Gasteiger partial charge in [-0.25, -0.2) is 4.98 Å². The second-order valence-electron chi connectivity index (χ2n) is 5.04. The van der Waals surface area contributed by atoms with Crippen LogP contribution in [0.25, 0.3) is 0 Å². The van der Waals surface area contributed by atoms with E-state index >= 15 is 0 Å². The van der Waals surface area contributed by atoms with Gasteiger partial charge in [-0.15, -0.1) is 0 Å². The number of rotatable bonds is 3. The predicted molar refractivity (Wildman–Crippen MR) is 84.4 cm³/mol. The zero-order valence-electron chi connectivity index (χ0n) is 11.4. The number of halogens is 1. The summed E-state index contributed by atoms with van der Waals surface area (Å²) in [7, 11) is 1.74. The molecule has 1 aromatic heterocycles. The van der Waals surface area contributed by atoms with Gasteiger partial charge in [0.15, 0.2) is 0 Å². The van der Waals surface area contributed by atoms with Crippen LogP contribution in [0.15, 0.2) is 41.0 Å². The standard InChI is InChI=1S/C16H17BrN2O/c1-20-15-4-2-3-11-9-13(6-7-14(11)15)19-16-8-5-12(17)10-18-16/h2-5,8,10,13H,6-7,9H2,1H3,(H,18,19)/t13-/m0/s1. The average molecular weight is 333 g/mol. The van der Waals surface area contributed by atoms with Crippen LogP contribution in [0.3, 0.4) is 0 Å². The first-order valence-electron chi connectivity index (χ1n) is 6.79. The maximum Gasteiger partial charge on any atom is 0.126 e. The fraction of sp³-hybridized carbons (Fsp3) is 0.312. The van der Waals surface area contributed by atoms with E-state index < -0.39 is 0 Å². The van der Waals surface area contributed by atoms with E-state index in [2.05, 4.69) is 38.4 Å². The molecule has 0 saturated carbocycles. The van der Waals surface area contributed by atoms with Crippen molar-refractivity contribution in [2.45, 2.75) is 25.3 Å². The molecule has 0 unspecified atom stereocenters. The Morgan fingerprint density at radius 2 is 2.20 bits per heavy atom. The Bertz CT molecular complexity index is 598. The third-order valence-corrected chi connectivity index (χ3v) is 4.21. The molecule has 0 fully saturated rings. The van der Waals surface area contributed by atoms with Crippen molar-refractivity contribution in [2.75, 3.05) is 12.4 Å². The fourth-order valence-corrected chi connectivity index (χ4v) is 2.99. The number of pyridine rings is 1. The van der Waals surface area contributed by atoms with Crippen LogP contribution in [-0.4, -0.2) is 18.1 Å². The van der Waals surface area contributed by atoms with E-state index in [1.165, 1.54) is 11.1 Å². The fourth-order valence-electron chi connectivity index (χ4n) is 2.76. The van der Waals surface area contributed by atoms with E-state index in [1.807, 2.05) is 24.4 Å². The summed E-state index contributed by atoms with van der Waals surface area (Å²) in [5.41, 5.74) is 2.74. The second-order valence-corrected chi connectivity index (χ2v) is 5.96. The van der Waals surface area contributed by atoms with Gasteiger partial charge in [0.2, 0.25) is 0 Å². The first-order valence-corrected chi connectivity index (χ1v) is 7.58. The summed E-state index contributed by atoms with van der Waals surface area (Å²) in [6.07, 6.45) is 4.99. The Morgan fingerprint density at radius 1 is 1.30 bits per heavy atom. The third kappa shape index (κ3) is 2.80. The number of benzene rings is 1. The molecule has 0 saturated heterocycles. The first kappa shape index (κ1) is 13.4. The highest BCUT2D eigenvalue weighted by Gasteiger charge is 2.21. The molecule has 0 spiro atoms. The largest absolute Gasteiger partial charge is 0.496 e. The summed E-state index contributed by atoms with van der Waals surface area (Å²) >= 11 is 3.40. The molecule has 1 atom stereocenters. The number of nitrogens with one attached hydrogen (secondary N) is 1. The molecule has 1 aliphatic carbocycles. The minimum absolute atomic E-state index is 0.434. The van der Waals surface area contributed by atoms with Crippen LogP contribution in [0.5, 0.6) is 5.75 Å². The molecule has 104 valence electrons. The molecule has 1 aliphatic rings. The number of hydrogen-bond acceptors (Lipinski definition) is 3.